The summed E-state index contributed by atoms with van der Waals surface area (Å²) in [5.74, 6) is 0. The Bertz CT molecular complexity index is 609. The van der Waals surface area contributed by atoms with Crippen molar-refractivity contribution in [3.63, 3.8) is 0 Å². The van der Waals surface area contributed by atoms with Crippen LogP contribution < -0.4 is 21.5 Å². The summed E-state index contributed by atoms with van der Waals surface area (Å²) in [7, 11) is 0. The minimum atomic E-state index is 0. The third-order valence-electron chi connectivity index (χ3n) is 2.50. The lowest BCUT2D eigenvalue weighted by Crippen LogP contribution is -3.00. The molecule has 3 aromatic rings. The molecule has 86 valence electrons. The normalized spacial score (nSPS) is 10.1. The Labute approximate surface area is 114 Å². The molecule has 0 bridgehead atoms. The first-order valence-corrected chi connectivity index (χ1v) is 5.81. The fourth-order valence-electron chi connectivity index (χ4n) is 1.73. The van der Waals surface area contributed by atoms with Crippen molar-refractivity contribution in [2.24, 2.45) is 0 Å². The molecule has 0 saturated carbocycles. The molecule has 5 heteroatoms. The van der Waals surface area contributed by atoms with Gasteiger partial charge in [-0.1, -0.05) is 18.2 Å². The standard InChI is InChI=1S/C12H10N3S.BrH/c1-2-7-15(8-3-1)9-10-5-4-6-11-12(10)14-16-13-11;/h1-8H,9H2;1H/q+1;/p-1. The zero-order chi connectivity index (χ0) is 10.8. The molecule has 2 aromatic heterocycles. The van der Waals surface area contributed by atoms with Gasteiger partial charge in [-0.3, -0.25) is 0 Å². The van der Waals surface area contributed by atoms with Crippen LogP contribution in [0.15, 0.2) is 48.8 Å². The van der Waals surface area contributed by atoms with E-state index < -0.39 is 0 Å². The van der Waals surface area contributed by atoms with Gasteiger partial charge < -0.3 is 17.0 Å². The number of rotatable bonds is 2. The summed E-state index contributed by atoms with van der Waals surface area (Å²) in [4.78, 5) is 0. The topological polar surface area (TPSA) is 29.7 Å². The van der Waals surface area contributed by atoms with Crippen molar-refractivity contribution in [3.8, 4) is 0 Å². The summed E-state index contributed by atoms with van der Waals surface area (Å²) >= 11 is 1.27. The smallest absolute Gasteiger partial charge is 0.176 e. The molecule has 0 atom stereocenters. The Morgan fingerprint density at radius 2 is 1.82 bits per heavy atom. The monoisotopic (exact) mass is 307 g/mol. The predicted molar refractivity (Wildman–Crippen MR) is 63.2 cm³/mol. The van der Waals surface area contributed by atoms with Crippen molar-refractivity contribution in [2.75, 3.05) is 0 Å². The molecule has 0 spiro atoms. The van der Waals surface area contributed by atoms with E-state index in [4.69, 9.17) is 0 Å². The minimum Gasteiger partial charge on any atom is -1.00 e. The SMILES string of the molecule is [Br-].c1cc[n+](Cc2cccc3nsnc23)cc1. The first kappa shape index (κ1) is 12.1. The third kappa shape index (κ3) is 2.50. The van der Waals surface area contributed by atoms with E-state index in [9.17, 15) is 0 Å². The number of hydrogen-bond acceptors (Lipinski definition) is 3. The zero-order valence-electron chi connectivity index (χ0n) is 8.95. The van der Waals surface area contributed by atoms with Crippen LogP contribution in [0.25, 0.3) is 11.0 Å². The highest BCUT2D eigenvalue weighted by Gasteiger charge is 2.08. The molecule has 0 fully saturated rings. The number of benzene rings is 1. The fraction of sp³-hybridized carbons (Fsp3) is 0.0833. The van der Waals surface area contributed by atoms with Crippen molar-refractivity contribution in [3.05, 3.63) is 54.4 Å². The highest BCUT2D eigenvalue weighted by atomic mass is 79.9. The Morgan fingerprint density at radius 3 is 2.65 bits per heavy atom. The molecular formula is C12H10BrN3S. The molecular weight excluding hydrogens is 298 g/mol. The molecule has 0 N–H and O–H groups in total. The average Bonchev–Trinajstić information content (AvgIpc) is 2.80. The lowest BCUT2D eigenvalue weighted by atomic mass is 10.2. The molecule has 17 heavy (non-hydrogen) atoms. The quantitative estimate of drug-likeness (QED) is 0.570. The summed E-state index contributed by atoms with van der Waals surface area (Å²) in [6.45, 7) is 0.837. The van der Waals surface area contributed by atoms with Crippen LogP contribution in [-0.4, -0.2) is 8.75 Å². The van der Waals surface area contributed by atoms with Gasteiger partial charge in [-0.15, -0.1) is 0 Å². The summed E-state index contributed by atoms with van der Waals surface area (Å²) in [5, 5.41) is 0. The molecule has 0 amide bonds. The van der Waals surface area contributed by atoms with Gasteiger partial charge in [-0.2, -0.15) is 8.75 Å². The van der Waals surface area contributed by atoms with E-state index in [-0.39, 0.29) is 17.0 Å². The maximum atomic E-state index is 4.33. The molecule has 0 saturated heterocycles. The van der Waals surface area contributed by atoms with Crippen LogP contribution in [0.2, 0.25) is 0 Å². The van der Waals surface area contributed by atoms with Gasteiger partial charge >= 0.3 is 0 Å². The molecule has 0 unspecified atom stereocenters. The van der Waals surface area contributed by atoms with Crippen LogP contribution in [-0.2, 0) is 6.54 Å². The summed E-state index contributed by atoms with van der Waals surface area (Å²) in [6, 6.07) is 12.2. The second kappa shape index (κ2) is 5.33. The van der Waals surface area contributed by atoms with Crippen LogP contribution in [0.4, 0.5) is 0 Å². The number of hydrogen-bond donors (Lipinski definition) is 0. The Kier molecular flexibility index (Phi) is 3.81. The number of halogens is 1. The fourth-order valence-corrected chi connectivity index (χ4v) is 2.29. The first-order valence-electron chi connectivity index (χ1n) is 5.08. The van der Waals surface area contributed by atoms with Crippen LogP contribution >= 0.6 is 11.7 Å². The highest BCUT2D eigenvalue weighted by molar-refractivity contribution is 7.00. The van der Waals surface area contributed by atoms with E-state index in [1.165, 1.54) is 17.3 Å². The molecule has 0 aliphatic carbocycles. The molecule has 3 rings (SSSR count). The second-order valence-electron chi connectivity index (χ2n) is 3.60. The van der Waals surface area contributed by atoms with Crippen LogP contribution in [0.1, 0.15) is 5.56 Å². The Morgan fingerprint density at radius 1 is 1.00 bits per heavy atom. The van der Waals surface area contributed by atoms with Crippen molar-refractivity contribution >= 4 is 22.8 Å². The Hall–Kier alpha value is -1.33. The lowest BCUT2D eigenvalue weighted by molar-refractivity contribution is -0.688. The number of pyridine rings is 1. The summed E-state index contributed by atoms with van der Waals surface area (Å²) in [6.07, 6.45) is 4.11. The van der Waals surface area contributed by atoms with E-state index in [1.807, 2.05) is 30.3 Å². The number of fused-ring (bicyclic) bond motifs is 1. The van der Waals surface area contributed by atoms with Crippen molar-refractivity contribution in [2.45, 2.75) is 6.54 Å². The van der Waals surface area contributed by atoms with Gasteiger partial charge in [0.15, 0.2) is 18.9 Å². The van der Waals surface area contributed by atoms with E-state index in [0.717, 1.165) is 17.6 Å². The Balaban J connectivity index is 0.00000108. The van der Waals surface area contributed by atoms with Gasteiger partial charge in [0.1, 0.15) is 11.0 Å². The van der Waals surface area contributed by atoms with Crippen LogP contribution in [0.5, 0.6) is 0 Å². The number of nitrogens with zero attached hydrogens (tertiary/aromatic N) is 3. The molecule has 1 aromatic carbocycles. The van der Waals surface area contributed by atoms with E-state index in [0.29, 0.717) is 0 Å². The van der Waals surface area contributed by atoms with E-state index >= 15 is 0 Å². The van der Waals surface area contributed by atoms with Crippen LogP contribution in [0, 0.1) is 0 Å². The molecule has 2 heterocycles. The molecule has 3 nitrogen and oxygen atoms in total. The predicted octanol–water partition coefficient (Wildman–Crippen LogP) is -0.969. The maximum Gasteiger partial charge on any atom is 0.176 e. The van der Waals surface area contributed by atoms with Gasteiger partial charge in [0, 0.05) is 17.7 Å². The highest BCUT2D eigenvalue weighted by Crippen LogP contribution is 2.15. The third-order valence-corrected chi connectivity index (χ3v) is 3.04. The largest absolute Gasteiger partial charge is 1.00 e. The van der Waals surface area contributed by atoms with Crippen molar-refractivity contribution in [1.29, 1.82) is 0 Å². The molecule has 0 radical (unpaired) electrons. The lowest BCUT2D eigenvalue weighted by Gasteiger charge is -1.97. The second-order valence-corrected chi connectivity index (χ2v) is 4.13. The van der Waals surface area contributed by atoms with Crippen molar-refractivity contribution in [1.82, 2.24) is 8.75 Å². The zero-order valence-corrected chi connectivity index (χ0v) is 11.4. The summed E-state index contributed by atoms with van der Waals surface area (Å²) in [5.41, 5.74) is 3.21. The molecule has 0 aliphatic heterocycles. The minimum absolute atomic E-state index is 0. The molecule has 0 aliphatic rings. The maximum absolute atomic E-state index is 4.33. The number of aromatic nitrogens is 3. The summed E-state index contributed by atoms with van der Waals surface area (Å²) < 4.78 is 10.7. The van der Waals surface area contributed by atoms with Gasteiger partial charge in [0.05, 0.1) is 11.7 Å². The van der Waals surface area contributed by atoms with Gasteiger partial charge in [0.25, 0.3) is 0 Å². The first-order chi connectivity index (χ1) is 7.93. The van der Waals surface area contributed by atoms with Gasteiger partial charge in [0.2, 0.25) is 0 Å². The van der Waals surface area contributed by atoms with E-state index in [1.54, 1.807) is 0 Å². The van der Waals surface area contributed by atoms with Gasteiger partial charge in [-0.25, -0.2) is 4.57 Å². The van der Waals surface area contributed by atoms with Crippen LogP contribution in [0.3, 0.4) is 0 Å². The van der Waals surface area contributed by atoms with Crippen molar-refractivity contribution < 1.29 is 21.5 Å². The van der Waals surface area contributed by atoms with E-state index in [2.05, 4.69) is 31.8 Å². The average molecular weight is 308 g/mol. The van der Waals surface area contributed by atoms with Gasteiger partial charge in [-0.05, 0) is 6.07 Å².